The van der Waals surface area contributed by atoms with Crippen molar-refractivity contribution < 1.29 is 17.6 Å². The van der Waals surface area contributed by atoms with Crippen LogP contribution in [0.4, 0.5) is 0 Å². The van der Waals surface area contributed by atoms with Crippen LogP contribution < -0.4 is 9.46 Å². The molecule has 1 heterocycles. The van der Waals surface area contributed by atoms with Crippen LogP contribution in [0.15, 0.2) is 33.6 Å². The van der Waals surface area contributed by atoms with E-state index in [2.05, 4.69) is 14.9 Å². The fourth-order valence-electron chi connectivity index (χ4n) is 2.55. The Hall–Kier alpha value is -1.93. The lowest BCUT2D eigenvalue weighted by molar-refractivity contribution is 0.210. The normalized spacial score (nSPS) is 15.9. The molecule has 0 radical (unpaired) electrons. The van der Waals surface area contributed by atoms with Gasteiger partial charge in [0, 0.05) is 6.92 Å². The standard InChI is InChI=1S/C15H19N3O4S/c1-11-17-18-15(21-11)10-16-23(19,20)14-8-6-13(7-9-14)22-12-4-2-3-5-12/h6-9,12,16H,2-5,10H2,1H3. The summed E-state index contributed by atoms with van der Waals surface area (Å²) in [4.78, 5) is 0.174. The maximum absolute atomic E-state index is 12.2. The minimum Gasteiger partial charge on any atom is -0.490 e. The van der Waals surface area contributed by atoms with Crippen molar-refractivity contribution in [3.05, 3.63) is 36.0 Å². The summed E-state index contributed by atoms with van der Waals surface area (Å²) < 4.78 is 37.9. The van der Waals surface area contributed by atoms with Crippen LogP contribution in [0.5, 0.6) is 5.75 Å². The average Bonchev–Trinajstić information content (AvgIpc) is 3.18. The summed E-state index contributed by atoms with van der Waals surface area (Å²) in [5, 5.41) is 7.40. The molecule has 1 fully saturated rings. The highest BCUT2D eigenvalue weighted by Crippen LogP contribution is 2.24. The zero-order valence-corrected chi connectivity index (χ0v) is 13.7. The third-order valence-electron chi connectivity index (χ3n) is 3.72. The van der Waals surface area contributed by atoms with E-state index >= 15 is 0 Å². The van der Waals surface area contributed by atoms with Gasteiger partial charge in [0.25, 0.3) is 0 Å². The van der Waals surface area contributed by atoms with Gasteiger partial charge in [0.1, 0.15) is 5.75 Å². The van der Waals surface area contributed by atoms with E-state index < -0.39 is 10.0 Å². The predicted molar refractivity (Wildman–Crippen MR) is 82.4 cm³/mol. The lowest BCUT2D eigenvalue weighted by atomic mass is 10.3. The first kappa shape index (κ1) is 15.9. The van der Waals surface area contributed by atoms with E-state index in [9.17, 15) is 8.42 Å². The van der Waals surface area contributed by atoms with Crippen LogP contribution in [-0.2, 0) is 16.6 Å². The van der Waals surface area contributed by atoms with Gasteiger partial charge in [-0.2, -0.15) is 0 Å². The molecule has 8 heteroatoms. The lowest BCUT2D eigenvalue weighted by Gasteiger charge is -2.13. The smallest absolute Gasteiger partial charge is 0.241 e. The summed E-state index contributed by atoms with van der Waals surface area (Å²) in [5.41, 5.74) is 0. The summed E-state index contributed by atoms with van der Waals surface area (Å²) in [6.45, 7) is 1.61. The van der Waals surface area contributed by atoms with E-state index in [1.807, 2.05) is 0 Å². The summed E-state index contributed by atoms with van der Waals surface area (Å²) in [6, 6.07) is 6.44. The van der Waals surface area contributed by atoms with Crippen molar-refractivity contribution in [3.63, 3.8) is 0 Å². The van der Waals surface area contributed by atoms with Gasteiger partial charge in [-0.1, -0.05) is 0 Å². The second-order valence-electron chi connectivity index (χ2n) is 5.54. The molecule has 1 saturated carbocycles. The zero-order chi connectivity index (χ0) is 16.3. The van der Waals surface area contributed by atoms with Crippen LogP contribution in [0.3, 0.4) is 0 Å². The number of hydrogen-bond donors (Lipinski definition) is 1. The Morgan fingerprint density at radius 1 is 1.22 bits per heavy atom. The Morgan fingerprint density at radius 2 is 1.91 bits per heavy atom. The van der Waals surface area contributed by atoms with Crippen LogP contribution in [0.25, 0.3) is 0 Å². The molecular formula is C15H19N3O4S. The molecule has 3 rings (SSSR count). The second kappa shape index (κ2) is 6.67. The lowest BCUT2D eigenvalue weighted by Crippen LogP contribution is -2.23. The summed E-state index contributed by atoms with van der Waals surface area (Å²) in [7, 11) is -3.63. The predicted octanol–water partition coefficient (Wildman–Crippen LogP) is 2.18. The van der Waals surface area contributed by atoms with Crippen LogP contribution in [0.2, 0.25) is 0 Å². The highest BCUT2D eigenvalue weighted by Gasteiger charge is 2.18. The molecule has 7 nitrogen and oxygen atoms in total. The molecule has 0 saturated heterocycles. The third-order valence-corrected chi connectivity index (χ3v) is 5.14. The summed E-state index contributed by atoms with van der Waals surface area (Å²) in [5.74, 6) is 1.32. The van der Waals surface area contributed by atoms with Gasteiger partial charge < -0.3 is 9.15 Å². The van der Waals surface area contributed by atoms with Gasteiger partial charge >= 0.3 is 0 Å². The van der Waals surface area contributed by atoms with Crippen LogP contribution in [0.1, 0.15) is 37.5 Å². The molecule has 2 aromatic rings. The van der Waals surface area contributed by atoms with Gasteiger partial charge in [-0.05, 0) is 49.9 Å². The Bertz CT molecular complexity index is 749. The molecule has 124 valence electrons. The van der Waals surface area contributed by atoms with Crippen molar-refractivity contribution in [1.82, 2.24) is 14.9 Å². The number of rotatable bonds is 6. The number of benzene rings is 1. The van der Waals surface area contributed by atoms with E-state index in [0.29, 0.717) is 11.6 Å². The molecule has 0 unspecified atom stereocenters. The van der Waals surface area contributed by atoms with E-state index in [1.54, 1.807) is 19.1 Å². The monoisotopic (exact) mass is 337 g/mol. The maximum atomic E-state index is 12.2. The molecular weight excluding hydrogens is 318 g/mol. The topological polar surface area (TPSA) is 94.3 Å². The number of sulfonamides is 1. The Labute approximate surface area is 135 Å². The van der Waals surface area contributed by atoms with E-state index in [0.717, 1.165) is 12.8 Å². The van der Waals surface area contributed by atoms with Gasteiger partial charge in [-0.15, -0.1) is 10.2 Å². The highest BCUT2D eigenvalue weighted by molar-refractivity contribution is 7.89. The number of nitrogens with zero attached hydrogens (tertiary/aromatic N) is 2. The fraction of sp³-hybridized carbons (Fsp3) is 0.467. The molecule has 0 bridgehead atoms. The fourth-order valence-corrected chi connectivity index (χ4v) is 3.52. The maximum Gasteiger partial charge on any atom is 0.241 e. The van der Waals surface area contributed by atoms with Gasteiger partial charge in [0.2, 0.25) is 21.8 Å². The minimum atomic E-state index is -3.63. The van der Waals surface area contributed by atoms with Crippen molar-refractivity contribution >= 4 is 10.0 Å². The van der Waals surface area contributed by atoms with E-state index in [1.165, 1.54) is 25.0 Å². The van der Waals surface area contributed by atoms with Gasteiger partial charge in [0.05, 0.1) is 17.5 Å². The molecule has 1 aromatic carbocycles. The van der Waals surface area contributed by atoms with Crippen molar-refractivity contribution in [2.45, 2.75) is 50.2 Å². The van der Waals surface area contributed by atoms with Crippen molar-refractivity contribution in [2.75, 3.05) is 0 Å². The first-order valence-corrected chi connectivity index (χ1v) is 9.07. The van der Waals surface area contributed by atoms with Gasteiger partial charge in [0.15, 0.2) is 0 Å². The summed E-state index contributed by atoms with van der Waals surface area (Å²) >= 11 is 0. The van der Waals surface area contributed by atoms with Gasteiger partial charge in [-0.3, -0.25) is 0 Å². The quantitative estimate of drug-likeness (QED) is 0.868. The van der Waals surface area contributed by atoms with Crippen LogP contribution >= 0.6 is 0 Å². The molecule has 0 aliphatic heterocycles. The number of nitrogens with one attached hydrogen (secondary N) is 1. The average molecular weight is 337 g/mol. The Kier molecular flexibility index (Phi) is 4.63. The minimum absolute atomic E-state index is 0.0382. The zero-order valence-electron chi connectivity index (χ0n) is 12.9. The first-order chi connectivity index (χ1) is 11.0. The SMILES string of the molecule is Cc1nnc(CNS(=O)(=O)c2ccc(OC3CCCC3)cc2)o1. The molecule has 1 N–H and O–H groups in total. The van der Waals surface area contributed by atoms with E-state index in [-0.39, 0.29) is 23.4 Å². The van der Waals surface area contributed by atoms with Crippen LogP contribution in [-0.4, -0.2) is 24.7 Å². The molecule has 1 aliphatic carbocycles. The number of hydrogen-bond acceptors (Lipinski definition) is 6. The first-order valence-electron chi connectivity index (χ1n) is 7.58. The third kappa shape index (κ3) is 4.08. The molecule has 1 aromatic heterocycles. The molecule has 0 atom stereocenters. The second-order valence-corrected chi connectivity index (χ2v) is 7.30. The van der Waals surface area contributed by atoms with E-state index in [4.69, 9.17) is 9.15 Å². The Morgan fingerprint density at radius 3 is 2.52 bits per heavy atom. The van der Waals surface area contributed by atoms with Crippen molar-refractivity contribution in [1.29, 1.82) is 0 Å². The largest absolute Gasteiger partial charge is 0.490 e. The molecule has 0 spiro atoms. The van der Waals surface area contributed by atoms with Gasteiger partial charge in [-0.25, -0.2) is 13.1 Å². The van der Waals surface area contributed by atoms with Crippen molar-refractivity contribution in [2.24, 2.45) is 0 Å². The number of aryl methyl sites for hydroxylation is 1. The Balaban J connectivity index is 1.62. The number of aromatic nitrogens is 2. The molecule has 23 heavy (non-hydrogen) atoms. The van der Waals surface area contributed by atoms with Crippen molar-refractivity contribution in [3.8, 4) is 5.75 Å². The highest BCUT2D eigenvalue weighted by atomic mass is 32.2. The summed E-state index contributed by atoms with van der Waals surface area (Å²) in [6.07, 6.45) is 4.75. The number of ether oxygens (including phenoxy) is 1. The molecule has 0 amide bonds. The molecule has 1 aliphatic rings. The van der Waals surface area contributed by atoms with Crippen LogP contribution in [0, 0.1) is 6.92 Å².